The summed E-state index contributed by atoms with van der Waals surface area (Å²) in [5.41, 5.74) is 0.235. The van der Waals surface area contributed by atoms with E-state index < -0.39 is 0 Å². The van der Waals surface area contributed by atoms with Crippen LogP contribution in [0.2, 0.25) is 0 Å². The number of anilines is 1. The number of nitrogens with one attached hydrogen (secondary N) is 1. The lowest BCUT2D eigenvalue weighted by atomic mass is 9.97. The Hall–Kier alpha value is -2.70. The molecule has 26 heavy (non-hydrogen) atoms. The van der Waals surface area contributed by atoms with Crippen molar-refractivity contribution < 1.29 is 9.18 Å². The Balaban J connectivity index is 1.55. The summed E-state index contributed by atoms with van der Waals surface area (Å²) in [7, 11) is 0. The fraction of sp³-hybridized carbons (Fsp3) is 0.421. The number of hydrogen-bond donors (Lipinski definition) is 1. The zero-order valence-electron chi connectivity index (χ0n) is 14.4. The third-order valence-corrected chi connectivity index (χ3v) is 4.90. The van der Waals surface area contributed by atoms with E-state index in [4.69, 9.17) is 0 Å². The van der Waals surface area contributed by atoms with Crippen LogP contribution in [0.3, 0.4) is 0 Å². The molecule has 0 bridgehead atoms. The highest BCUT2D eigenvalue weighted by Crippen LogP contribution is 2.24. The normalized spacial score (nSPS) is 20.0. The fourth-order valence-electron chi connectivity index (χ4n) is 3.28. The van der Waals surface area contributed by atoms with Crippen molar-refractivity contribution >= 4 is 11.7 Å². The van der Waals surface area contributed by atoms with Crippen LogP contribution in [0.15, 0.2) is 41.2 Å². The topological polar surface area (TPSA) is 67.2 Å². The number of amides is 1. The minimum Gasteiger partial charge on any atom is -0.354 e. The number of carbonyl (C=O) groups excluding carboxylic acids is 1. The number of rotatable bonds is 4. The van der Waals surface area contributed by atoms with Gasteiger partial charge in [-0.25, -0.2) is 4.39 Å². The van der Waals surface area contributed by atoms with Crippen LogP contribution < -0.4 is 15.8 Å². The molecule has 136 valence electrons. The predicted octanol–water partition coefficient (Wildman–Crippen LogP) is 1.87. The second-order valence-corrected chi connectivity index (χ2v) is 6.99. The molecule has 4 rings (SSSR count). The van der Waals surface area contributed by atoms with Crippen LogP contribution in [0.1, 0.15) is 25.7 Å². The van der Waals surface area contributed by atoms with E-state index in [1.165, 1.54) is 35.0 Å². The van der Waals surface area contributed by atoms with Gasteiger partial charge in [0.1, 0.15) is 11.6 Å². The lowest BCUT2D eigenvalue weighted by molar-refractivity contribution is -0.125. The van der Waals surface area contributed by atoms with Gasteiger partial charge in [-0.2, -0.15) is 4.68 Å². The van der Waals surface area contributed by atoms with Crippen LogP contribution in [0.25, 0.3) is 5.69 Å². The van der Waals surface area contributed by atoms with E-state index >= 15 is 0 Å². The molecule has 1 N–H and O–H groups in total. The molecule has 1 aromatic carbocycles. The number of hydrogen-bond acceptors (Lipinski definition) is 4. The van der Waals surface area contributed by atoms with Gasteiger partial charge in [-0.05, 0) is 56.0 Å². The molecule has 0 radical (unpaired) electrons. The fourth-order valence-corrected chi connectivity index (χ4v) is 3.28. The number of nitrogens with zero attached hydrogens (tertiary/aromatic N) is 3. The number of carbonyl (C=O) groups is 1. The molecule has 0 unspecified atom stereocenters. The van der Waals surface area contributed by atoms with E-state index in [-0.39, 0.29) is 23.2 Å². The first kappa shape index (κ1) is 16.8. The van der Waals surface area contributed by atoms with Crippen LogP contribution in [0.4, 0.5) is 10.2 Å². The molecule has 2 aromatic rings. The second kappa shape index (κ2) is 6.90. The summed E-state index contributed by atoms with van der Waals surface area (Å²) >= 11 is 0. The summed E-state index contributed by atoms with van der Waals surface area (Å²) in [5.74, 6) is 0.345. The Kier molecular flexibility index (Phi) is 4.44. The maximum atomic E-state index is 13.1. The van der Waals surface area contributed by atoms with Gasteiger partial charge in [0, 0.05) is 25.2 Å². The van der Waals surface area contributed by atoms with Gasteiger partial charge < -0.3 is 10.2 Å². The van der Waals surface area contributed by atoms with Gasteiger partial charge in [-0.3, -0.25) is 9.59 Å². The molecule has 2 heterocycles. The monoisotopic (exact) mass is 356 g/mol. The molecule has 1 aliphatic carbocycles. The number of benzene rings is 1. The van der Waals surface area contributed by atoms with Gasteiger partial charge in [-0.15, -0.1) is 5.10 Å². The molecule has 1 atom stereocenters. The van der Waals surface area contributed by atoms with E-state index in [0.717, 1.165) is 32.2 Å². The second-order valence-electron chi connectivity index (χ2n) is 6.99. The molecule has 1 amide bonds. The third-order valence-electron chi connectivity index (χ3n) is 4.90. The summed E-state index contributed by atoms with van der Waals surface area (Å²) in [4.78, 5) is 26.6. The third kappa shape index (κ3) is 3.61. The number of piperidine rings is 1. The van der Waals surface area contributed by atoms with E-state index in [1.807, 2.05) is 4.90 Å². The summed E-state index contributed by atoms with van der Waals surface area (Å²) in [5, 5.41) is 7.51. The molecule has 1 saturated carbocycles. The molecule has 6 nitrogen and oxygen atoms in total. The summed E-state index contributed by atoms with van der Waals surface area (Å²) in [6, 6.07) is 9.15. The first-order valence-corrected chi connectivity index (χ1v) is 9.02. The molecule has 1 aliphatic heterocycles. The molecule has 1 aromatic heterocycles. The Labute approximate surface area is 150 Å². The lowest BCUT2D eigenvalue weighted by Gasteiger charge is -2.33. The highest BCUT2D eigenvalue weighted by atomic mass is 19.1. The molecule has 7 heteroatoms. The van der Waals surface area contributed by atoms with Crippen molar-refractivity contribution in [3.05, 3.63) is 52.6 Å². The van der Waals surface area contributed by atoms with Crippen molar-refractivity contribution in [3.63, 3.8) is 0 Å². The highest BCUT2D eigenvalue weighted by Gasteiger charge is 2.31. The standard InChI is InChI=1S/C19H21FN4O2/c20-14-3-7-16(8-4-14)24-18(25)10-9-17(22-24)23-11-1-2-13(12-23)19(26)21-15-5-6-15/h3-4,7-10,13,15H,1-2,5-6,11-12H2,(H,21,26)/t13-/m0/s1. The minimum absolute atomic E-state index is 0.0580. The zero-order valence-corrected chi connectivity index (χ0v) is 14.4. The highest BCUT2D eigenvalue weighted by molar-refractivity contribution is 5.80. The Morgan fingerprint density at radius 2 is 1.88 bits per heavy atom. The van der Waals surface area contributed by atoms with Gasteiger partial charge >= 0.3 is 0 Å². The molecular weight excluding hydrogens is 335 g/mol. The van der Waals surface area contributed by atoms with Gasteiger partial charge in [-0.1, -0.05) is 0 Å². The molecule has 2 fully saturated rings. The Bertz CT molecular complexity index is 861. The van der Waals surface area contributed by atoms with Crippen LogP contribution in [-0.4, -0.2) is 34.8 Å². The molecule has 1 saturated heterocycles. The van der Waals surface area contributed by atoms with E-state index in [1.54, 1.807) is 6.07 Å². The van der Waals surface area contributed by atoms with Crippen LogP contribution in [0.5, 0.6) is 0 Å². The van der Waals surface area contributed by atoms with E-state index in [0.29, 0.717) is 24.1 Å². The van der Waals surface area contributed by atoms with Crippen LogP contribution in [0, 0.1) is 11.7 Å². The largest absolute Gasteiger partial charge is 0.354 e. The summed E-state index contributed by atoms with van der Waals surface area (Å²) in [6.45, 7) is 1.38. The Morgan fingerprint density at radius 3 is 2.62 bits per heavy atom. The van der Waals surface area contributed by atoms with E-state index in [2.05, 4.69) is 10.4 Å². The van der Waals surface area contributed by atoms with Crippen molar-refractivity contribution in [3.8, 4) is 5.69 Å². The van der Waals surface area contributed by atoms with E-state index in [9.17, 15) is 14.0 Å². The summed E-state index contributed by atoms with van der Waals surface area (Å²) < 4.78 is 14.4. The first-order chi connectivity index (χ1) is 12.6. The van der Waals surface area contributed by atoms with Crippen LogP contribution in [-0.2, 0) is 4.79 Å². The van der Waals surface area contributed by atoms with Gasteiger partial charge in [0.25, 0.3) is 5.56 Å². The SMILES string of the molecule is O=C(NC1CC1)[C@H]1CCCN(c2ccc(=O)n(-c3ccc(F)cc3)n2)C1. The van der Waals surface area contributed by atoms with Crippen molar-refractivity contribution in [2.45, 2.75) is 31.7 Å². The maximum Gasteiger partial charge on any atom is 0.271 e. The summed E-state index contributed by atoms with van der Waals surface area (Å²) in [6.07, 6.45) is 3.92. The molecule has 0 spiro atoms. The number of aromatic nitrogens is 2. The average Bonchev–Trinajstić information content (AvgIpc) is 3.47. The minimum atomic E-state index is -0.362. The maximum absolute atomic E-state index is 13.1. The van der Waals surface area contributed by atoms with Gasteiger partial charge in [0.2, 0.25) is 5.91 Å². The van der Waals surface area contributed by atoms with Gasteiger partial charge in [0.05, 0.1) is 11.6 Å². The van der Waals surface area contributed by atoms with Crippen molar-refractivity contribution in [2.24, 2.45) is 5.92 Å². The molecular formula is C19H21FN4O2. The Morgan fingerprint density at radius 1 is 1.12 bits per heavy atom. The number of halogens is 1. The lowest BCUT2D eigenvalue weighted by Crippen LogP contribution is -2.44. The van der Waals surface area contributed by atoms with Gasteiger partial charge in [0.15, 0.2) is 0 Å². The van der Waals surface area contributed by atoms with Crippen molar-refractivity contribution in [2.75, 3.05) is 18.0 Å². The average molecular weight is 356 g/mol. The van der Waals surface area contributed by atoms with Crippen molar-refractivity contribution in [1.29, 1.82) is 0 Å². The smallest absolute Gasteiger partial charge is 0.271 e. The van der Waals surface area contributed by atoms with Crippen molar-refractivity contribution in [1.82, 2.24) is 15.1 Å². The first-order valence-electron chi connectivity index (χ1n) is 9.02. The van der Waals surface area contributed by atoms with Crippen LogP contribution >= 0.6 is 0 Å². The predicted molar refractivity (Wildman–Crippen MR) is 95.9 cm³/mol. The molecule has 2 aliphatic rings. The quantitative estimate of drug-likeness (QED) is 0.908. The zero-order chi connectivity index (χ0) is 18.1.